The Morgan fingerprint density at radius 1 is 1.03 bits per heavy atom. The van der Waals surface area contributed by atoms with Gasteiger partial charge in [-0.1, -0.05) is 36.4 Å². The van der Waals surface area contributed by atoms with Gasteiger partial charge in [-0.05, 0) is 29.7 Å². The number of amides is 1. The van der Waals surface area contributed by atoms with Crippen molar-refractivity contribution in [3.8, 4) is 0 Å². The molecule has 6 rings (SSSR count). The molecule has 0 saturated carbocycles. The van der Waals surface area contributed by atoms with E-state index in [9.17, 15) is 4.79 Å². The average molecular weight is 425 g/mol. The zero-order valence-electron chi connectivity index (χ0n) is 17.6. The third-order valence-corrected chi connectivity index (χ3v) is 6.73. The minimum absolute atomic E-state index is 0.0296. The molecule has 5 heterocycles. The van der Waals surface area contributed by atoms with Crippen molar-refractivity contribution in [1.29, 1.82) is 0 Å². The first kappa shape index (κ1) is 19.1. The Morgan fingerprint density at radius 3 is 2.75 bits per heavy atom. The Kier molecular flexibility index (Phi) is 4.69. The Hall–Kier alpha value is -3.58. The van der Waals surface area contributed by atoms with Crippen molar-refractivity contribution < 1.29 is 4.79 Å². The number of nitrogens with zero attached hydrogens (tertiary/aromatic N) is 5. The molecule has 0 spiro atoms. The number of imidazole rings is 1. The average Bonchev–Trinajstić information content (AvgIpc) is 3.54. The van der Waals surface area contributed by atoms with E-state index in [-0.39, 0.29) is 11.9 Å². The molecule has 160 valence electrons. The Bertz CT molecular complexity index is 1260. The molecule has 1 amide bonds. The van der Waals surface area contributed by atoms with E-state index in [4.69, 9.17) is 0 Å². The van der Waals surface area contributed by atoms with Crippen LogP contribution >= 0.6 is 0 Å². The van der Waals surface area contributed by atoms with E-state index in [1.807, 2.05) is 39.8 Å². The predicted molar refractivity (Wildman–Crippen MR) is 121 cm³/mol. The third-order valence-electron chi connectivity index (χ3n) is 6.73. The van der Waals surface area contributed by atoms with Crippen LogP contribution in [0.4, 0.5) is 0 Å². The van der Waals surface area contributed by atoms with E-state index in [1.165, 1.54) is 5.56 Å². The summed E-state index contributed by atoms with van der Waals surface area (Å²) >= 11 is 0. The molecule has 0 bridgehead atoms. The Morgan fingerprint density at radius 2 is 1.91 bits per heavy atom. The van der Waals surface area contributed by atoms with Crippen LogP contribution in [0.15, 0.2) is 73.3 Å². The van der Waals surface area contributed by atoms with Gasteiger partial charge in [0.1, 0.15) is 5.52 Å². The van der Waals surface area contributed by atoms with Gasteiger partial charge in [-0.2, -0.15) is 0 Å². The van der Waals surface area contributed by atoms with E-state index < -0.39 is 0 Å². The Labute approximate surface area is 186 Å². The topological polar surface area (TPSA) is 75.9 Å². The fourth-order valence-electron chi connectivity index (χ4n) is 5.22. The SMILES string of the molecule is O=C(c1cnc2c(c1)ncn2Cc1ccccn1)N1C[C@@H]2CNC[C@@H]2[C@H]1c1ccccc1. The normalized spacial score (nSPS) is 22.4. The van der Waals surface area contributed by atoms with Crippen LogP contribution in [0.2, 0.25) is 0 Å². The first-order valence-electron chi connectivity index (χ1n) is 11.1. The summed E-state index contributed by atoms with van der Waals surface area (Å²) in [6, 6.07) is 18.2. The molecule has 3 aromatic heterocycles. The molecule has 2 saturated heterocycles. The molecule has 7 heteroatoms. The second-order valence-corrected chi connectivity index (χ2v) is 8.66. The molecule has 2 aliphatic rings. The second kappa shape index (κ2) is 7.84. The van der Waals surface area contributed by atoms with Crippen molar-refractivity contribution in [1.82, 2.24) is 29.7 Å². The third kappa shape index (κ3) is 3.26. The maximum Gasteiger partial charge on any atom is 0.256 e. The first-order valence-corrected chi connectivity index (χ1v) is 11.1. The summed E-state index contributed by atoms with van der Waals surface area (Å²) in [4.78, 5) is 29.2. The summed E-state index contributed by atoms with van der Waals surface area (Å²) in [7, 11) is 0. The first-order chi connectivity index (χ1) is 15.8. The van der Waals surface area contributed by atoms with E-state index >= 15 is 0 Å². The van der Waals surface area contributed by atoms with Gasteiger partial charge in [-0.15, -0.1) is 0 Å². The number of likely N-dealkylation sites (tertiary alicyclic amines) is 1. The standard InChI is InChI=1S/C25H24N6O/c32-25(31-14-19-11-26-13-21(19)23(31)17-6-2-1-3-7-17)18-10-22-24(28-12-18)30(16-29-22)15-20-8-4-5-9-27-20/h1-10,12,16,19,21,23,26H,11,13-15H2/t19-,21-,23+/m0/s1. The fourth-order valence-corrected chi connectivity index (χ4v) is 5.22. The van der Waals surface area contributed by atoms with Gasteiger partial charge in [0.2, 0.25) is 0 Å². The molecule has 3 atom stereocenters. The second-order valence-electron chi connectivity index (χ2n) is 8.66. The highest BCUT2D eigenvalue weighted by atomic mass is 16.2. The summed E-state index contributed by atoms with van der Waals surface area (Å²) < 4.78 is 1.96. The number of nitrogens with one attached hydrogen (secondary N) is 1. The number of pyridine rings is 2. The van der Waals surface area contributed by atoms with Gasteiger partial charge in [-0.3, -0.25) is 9.78 Å². The molecule has 0 aliphatic carbocycles. The molecule has 1 aromatic carbocycles. The summed E-state index contributed by atoms with van der Waals surface area (Å²) in [6.45, 7) is 3.27. The van der Waals surface area contributed by atoms with Crippen molar-refractivity contribution >= 4 is 17.1 Å². The molecule has 2 fully saturated rings. The highest BCUT2D eigenvalue weighted by molar-refractivity contribution is 5.96. The number of fused-ring (bicyclic) bond motifs is 2. The van der Waals surface area contributed by atoms with Crippen LogP contribution in [-0.2, 0) is 6.54 Å². The maximum atomic E-state index is 13.6. The molecular formula is C25H24N6O. The van der Waals surface area contributed by atoms with Crippen LogP contribution in [-0.4, -0.2) is 50.0 Å². The van der Waals surface area contributed by atoms with Gasteiger partial charge in [0.05, 0.1) is 30.2 Å². The van der Waals surface area contributed by atoms with Gasteiger partial charge < -0.3 is 14.8 Å². The monoisotopic (exact) mass is 424 g/mol. The molecule has 0 radical (unpaired) electrons. The lowest BCUT2D eigenvalue weighted by Crippen LogP contribution is -2.34. The van der Waals surface area contributed by atoms with E-state index in [0.717, 1.165) is 36.5 Å². The number of hydrogen-bond acceptors (Lipinski definition) is 5. The number of carbonyl (C=O) groups is 1. The van der Waals surface area contributed by atoms with Crippen molar-refractivity contribution in [3.05, 3.63) is 90.1 Å². The van der Waals surface area contributed by atoms with Crippen LogP contribution in [0.25, 0.3) is 11.2 Å². The maximum absolute atomic E-state index is 13.6. The molecule has 32 heavy (non-hydrogen) atoms. The summed E-state index contributed by atoms with van der Waals surface area (Å²) in [5, 5.41) is 3.50. The Balaban J connectivity index is 1.30. The molecule has 1 N–H and O–H groups in total. The minimum atomic E-state index is 0.0296. The lowest BCUT2D eigenvalue weighted by atomic mass is 9.89. The number of rotatable bonds is 4. The summed E-state index contributed by atoms with van der Waals surface area (Å²) in [5.41, 5.74) is 4.22. The number of carbonyl (C=O) groups excluding carboxylic acids is 1. The smallest absolute Gasteiger partial charge is 0.256 e. The molecular weight excluding hydrogens is 400 g/mol. The number of benzene rings is 1. The minimum Gasteiger partial charge on any atom is -0.331 e. The van der Waals surface area contributed by atoms with Gasteiger partial charge in [0, 0.05) is 37.9 Å². The van der Waals surface area contributed by atoms with Crippen LogP contribution in [0.5, 0.6) is 0 Å². The molecule has 0 unspecified atom stereocenters. The number of hydrogen-bond donors (Lipinski definition) is 1. The van der Waals surface area contributed by atoms with Crippen LogP contribution in [0.1, 0.15) is 27.7 Å². The fraction of sp³-hybridized carbons (Fsp3) is 0.280. The summed E-state index contributed by atoms with van der Waals surface area (Å²) in [5.74, 6) is 0.955. The highest BCUT2D eigenvalue weighted by Crippen LogP contribution is 2.43. The highest BCUT2D eigenvalue weighted by Gasteiger charge is 2.46. The molecule has 7 nitrogen and oxygen atoms in total. The van der Waals surface area contributed by atoms with Gasteiger partial charge >= 0.3 is 0 Å². The van der Waals surface area contributed by atoms with E-state index in [1.54, 1.807) is 18.7 Å². The van der Waals surface area contributed by atoms with Gasteiger partial charge in [-0.25, -0.2) is 9.97 Å². The predicted octanol–water partition coefficient (Wildman–Crippen LogP) is 2.91. The lowest BCUT2D eigenvalue weighted by molar-refractivity contribution is 0.0714. The van der Waals surface area contributed by atoms with Crippen LogP contribution < -0.4 is 5.32 Å². The van der Waals surface area contributed by atoms with Crippen LogP contribution in [0.3, 0.4) is 0 Å². The quantitative estimate of drug-likeness (QED) is 0.545. The lowest BCUT2D eigenvalue weighted by Gasteiger charge is -2.28. The largest absolute Gasteiger partial charge is 0.331 e. The van der Waals surface area contributed by atoms with E-state index in [2.05, 4.69) is 44.5 Å². The van der Waals surface area contributed by atoms with E-state index in [0.29, 0.717) is 23.9 Å². The van der Waals surface area contributed by atoms with Crippen molar-refractivity contribution in [2.24, 2.45) is 11.8 Å². The zero-order valence-corrected chi connectivity index (χ0v) is 17.6. The molecule has 2 aliphatic heterocycles. The van der Waals surface area contributed by atoms with Crippen molar-refractivity contribution in [2.45, 2.75) is 12.6 Å². The van der Waals surface area contributed by atoms with Crippen molar-refractivity contribution in [2.75, 3.05) is 19.6 Å². The molecule has 4 aromatic rings. The van der Waals surface area contributed by atoms with Gasteiger partial charge in [0.15, 0.2) is 5.65 Å². The van der Waals surface area contributed by atoms with Crippen LogP contribution in [0, 0.1) is 11.8 Å². The summed E-state index contributed by atoms with van der Waals surface area (Å²) in [6.07, 6.45) is 5.23. The van der Waals surface area contributed by atoms with Gasteiger partial charge in [0.25, 0.3) is 5.91 Å². The zero-order chi connectivity index (χ0) is 21.5. The number of aromatic nitrogens is 4. The van der Waals surface area contributed by atoms with Crippen molar-refractivity contribution in [3.63, 3.8) is 0 Å².